The van der Waals surface area contributed by atoms with Gasteiger partial charge in [-0.25, -0.2) is 5.43 Å². The first-order valence-corrected chi connectivity index (χ1v) is 10.5. The Morgan fingerprint density at radius 2 is 2.03 bits per heavy atom. The van der Waals surface area contributed by atoms with Crippen LogP contribution in [0, 0.1) is 10.1 Å². The van der Waals surface area contributed by atoms with Crippen molar-refractivity contribution in [2.45, 2.75) is 11.7 Å². The second-order valence-corrected chi connectivity index (χ2v) is 7.33. The quantitative estimate of drug-likeness (QED) is 0.165. The van der Waals surface area contributed by atoms with Gasteiger partial charge in [-0.05, 0) is 11.6 Å². The van der Waals surface area contributed by atoms with Crippen molar-refractivity contribution in [3.8, 4) is 11.4 Å². The topological polar surface area (TPSA) is 115 Å². The number of amides is 1. The Morgan fingerprint density at radius 3 is 2.78 bits per heavy atom. The third-order valence-electron chi connectivity index (χ3n) is 4.11. The smallest absolute Gasteiger partial charge is 0.270 e. The van der Waals surface area contributed by atoms with Crippen molar-refractivity contribution >= 4 is 35.6 Å². The lowest BCUT2D eigenvalue weighted by molar-refractivity contribution is -0.384. The van der Waals surface area contributed by atoms with Crippen LogP contribution in [0.3, 0.4) is 0 Å². The molecule has 0 aliphatic rings. The summed E-state index contributed by atoms with van der Waals surface area (Å²) in [6.07, 6.45) is 6.76. The van der Waals surface area contributed by atoms with E-state index in [2.05, 4.69) is 27.3 Å². The number of nitro groups is 1. The van der Waals surface area contributed by atoms with Crippen LogP contribution in [-0.4, -0.2) is 37.6 Å². The van der Waals surface area contributed by atoms with E-state index < -0.39 is 4.92 Å². The summed E-state index contributed by atoms with van der Waals surface area (Å²) in [4.78, 5) is 22.7. The summed E-state index contributed by atoms with van der Waals surface area (Å²) in [6.45, 7) is 4.12. The largest absolute Gasteiger partial charge is 0.298 e. The van der Waals surface area contributed by atoms with Crippen molar-refractivity contribution in [2.24, 2.45) is 5.10 Å². The summed E-state index contributed by atoms with van der Waals surface area (Å²) >= 11 is 1.19. The van der Waals surface area contributed by atoms with E-state index in [-0.39, 0.29) is 17.3 Å². The van der Waals surface area contributed by atoms with Gasteiger partial charge in [0.1, 0.15) is 0 Å². The van der Waals surface area contributed by atoms with Gasteiger partial charge in [0.25, 0.3) is 11.6 Å². The molecule has 2 aromatic carbocycles. The summed E-state index contributed by atoms with van der Waals surface area (Å²) in [5.41, 5.74) is 4.00. The molecule has 3 aromatic rings. The molecule has 0 aliphatic heterocycles. The lowest BCUT2D eigenvalue weighted by Crippen LogP contribution is -2.19. The van der Waals surface area contributed by atoms with E-state index in [1.165, 1.54) is 30.1 Å². The second kappa shape index (κ2) is 11.4. The van der Waals surface area contributed by atoms with Gasteiger partial charge in [0.2, 0.25) is 0 Å². The van der Waals surface area contributed by atoms with Crippen LogP contribution in [-0.2, 0) is 11.3 Å². The molecule has 0 spiro atoms. The van der Waals surface area contributed by atoms with Crippen LogP contribution < -0.4 is 5.43 Å². The van der Waals surface area contributed by atoms with Crippen LogP contribution in [0.4, 0.5) is 5.69 Å². The van der Waals surface area contributed by atoms with E-state index in [0.717, 1.165) is 5.56 Å². The summed E-state index contributed by atoms with van der Waals surface area (Å²) in [5, 5.41) is 23.7. The molecule has 0 radical (unpaired) electrons. The molecule has 162 valence electrons. The van der Waals surface area contributed by atoms with Gasteiger partial charge in [-0.15, -0.1) is 16.8 Å². The number of non-ortho nitro benzene ring substituents is 1. The summed E-state index contributed by atoms with van der Waals surface area (Å²) < 4.78 is 1.75. The highest BCUT2D eigenvalue weighted by atomic mass is 32.2. The zero-order valence-electron chi connectivity index (χ0n) is 17.0. The molecule has 3 rings (SSSR count). The minimum absolute atomic E-state index is 0.0385. The van der Waals surface area contributed by atoms with Gasteiger partial charge in [0, 0.05) is 30.5 Å². The first kappa shape index (κ1) is 22.6. The standard InChI is InChI=1S/C22H20N6O3S/c1-2-14-27-21(18-11-6-12-19(15-18)28(30)31)25-26-22(27)32-16-20(29)24-23-13-7-10-17-8-4-3-5-9-17/h2-13,15H,1,14,16H2,(H,24,29). The van der Waals surface area contributed by atoms with Crippen LogP contribution in [0.25, 0.3) is 17.5 Å². The highest BCUT2D eigenvalue weighted by Gasteiger charge is 2.17. The first-order valence-electron chi connectivity index (χ1n) is 9.54. The first-order chi connectivity index (χ1) is 15.6. The number of nitrogens with one attached hydrogen (secondary N) is 1. The van der Waals surface area contributed by atoms with Crippen molar-refractivity contribution in [1.29, 1.82) is 0 Å². The number of benzene rings is 2. The zero-order valence-corrected chi connectivity index (χ0v) is 17.8. The Hall–Kier alpha value is -4.05. The molecule has 1 aromatic heterocycles. The number of carbonyl (C=O) groups excluding carboxylic acids is 1. The SMILES string of the molecule is C=CCn1c(SCC(=O)NN=CC=Cc2ccccc2)nnc1-c1cccc([N+](=O)[O-])c1. The fraction of sp³-hybridized carbons (Fsp3) is 0.0909. The van der Waals surface area contributed by atoms with Gasteiger partial charge in [-0.2, -0.15) is 5.10 Å². The summed E-state index contributed by atoms with van der Waals surface area (Å²) in [7, 11) is 0. The number of rotatable bonds is 10. The number of hydrogen-bond donors (Lipinski definition) is 1. The molecular weight excluding hydrogens is 428 g/mol. The van der Waals surface area contributed by atoms with Crippen molar-refractivity contribution in [3.05, 3.63) is 89.0 Å². The summed E-state index contributed by atoms with van der Waals surface area (Å²) in [5.74, 6) is 0.231. The fourth-order valence-electron chi connectivity index (χ4n) is 2.69. The molecule has 0 saturated heterocycles. The van der Waals surface area contributed by atoms with Crippen LogP contribution in [0.15, 0.2) is 83.6 Å². The van der Waals surface area contributed by atoms with Gasteiger partial charge < -0.3 is 0 Å². The molecule has 0 aliphatic carbocycles. The van der Waals surface area contributed by atoms with Gasteiger partial charge >= 0.3 is 0 Å². The minimum Gasteiger partial charge on any atom is -0.298 e. The maximum absolute atomic E-state index is 12.1. The van der Waals surface area contributed by atoms with Gasteiger partial charge in [0.05, 0.1) is 10.7 Å². The highest BCUT2D eigenvalue weighted by molar-refractivity contribution is 7.99. The maximum atomic E-state index is 12.1. The van der Waals surface area contributed by atoms with Crippen LogP contribution in [0.1, 0.15) is 5.56 Å². The van der Waals surface area contributed by atoms with E-state index in [4.69, 9.17) is 0 Å². The molecular formula is C22H20N6O3S. The van der Waals surface area contributed by atoms with E-state index >= 15 is 0 Å². The van der Waals surface area contributed by atoms with Crippen molar-refractivity contribution in [3.63, 3.8) is 0 Å². The van der Waals surface area contributed by atoms with Crippen LogP contribution in [0.2, 0.25) is 0 Å². The predicted octanol–water partition coefficient (Wildman–Crippen LogP) is 3.95. The predicted molar refractivity (Wildman–Crippen MR) is 125 cm³/mol. The third kappa shape index (κ3) is 6.22. The Bertz CT molecular complexity index is 1160. The molecule has 0 saturated carbocycles. The monoisotopic (exact) mass is 448 g/mol. The Labute approximate surface area is 188 Å². The van der Waals surface area contributed by atoms with E-state index in [1.54, 1.807) is 28.9 Å². The van der Waals surface area contributed by atoms with Gasteiger partial charge in [-0.1, -0.05) is 66.4 Å². The van der Waals surface area contributed by atoms with Crippen molar-refractivity contribution < 1.29 is 9.72 Å². The van der Waals surface area contributed by atoms with Crippen molar-refractivity contribution in [2.75, 3.05) is 5.75 Å². The van der Waals surface area contributed by atoms with Crippen molar-refractivity contribution in [1.82, 2.24) is 20.2 Å². The Kier molecular flexibility index (Phi) is 8.04. The van der Waals surface area contributed by atoms with Gasteiger partial charge in [-0.3, -0.25) is 19.5 Å². The molecule has 10 heteroatoms. The molecule has 1 amide bonds. The normalized spacial score (nSPS) is 11.1. The molecule has 9 nitrogen and oxygen atoms in total. The van der Waals surface area contributed by atoms with Gasteiger partial charge in [0.15, 0.2) is 11.0 Å². The maximum Gasteiger partial charge on any atom is 0.270 e. The summed E-state index contributed by atoms with van der Waals surface area (Å²) in [6, 6.07) is 15.9. The zero-order chi connectivity index (χ0) is 22.8. The van der Waals surface area contributed by atoms with Crippen LogP contribution in [0.5, 0.6) is 0 Å². The number of hydrazone groups is 1. The molecule has 0 bridgehead atoms. The number of allylic oxidation sites excluding steroid dienone is 2. The Morgan fingerprint density at radius 1 is 1.22 bits per heavy atom. The number of thioether (sulfide) groups is 1. The second-order valence-electron chi connectivity index (χ2n) is 6.38. The number of hydrogen-bond acceptors (Lipinski definition) is 7. The lowest BCUT2D eigenvalue weighted by atomic mass is 10.2. The molecule has 1 N–H and O–H groups in total. The van der Waals surface area contributed by atoms with E-state index in [1.807, 2.05) is 36.4 Å². The number of nitrogens with zero attached hydrogens (tertiary/aromatic N) is 5. The molecule has 0 unspecified atom stereocenters. The molecule has 32 heavy (non-hydrogen) atoms. The molecule has 0 atom stereocenters. The van der Waals surface area contributed by atoms with Crippen LogP contribution >= 0.6 is 11.8 Å². The Balaban J connectivity index is 1.61. The molecule has 1 heterocycles. The molecule has 0 fully saturated rings. The minimum atomic E-state index is -0.465. The fourth-order valence-corrected chi connectivity index (χ4v) is 3.43. The lowest BCUT2D eigenvalue weighted by Gasteiger charge is -2.07. The number of carbonyl (C=O) groups is 1. The number of aromatic nitrogens is 3. The van der Waals surface area contributed by atoms with E-state index in [0.29, 0.717) is 23.1 Å². The third-order valence-corrected chi connectivity index (χ3v) is 5.08. The average molecular weight is 449 g/mol. The average Bonchev–Trinajstić information content (AvgIpc) is 3.21. The number of nitro benzene ring substituents is 1. The highest BCUT2D eigenvalue weighted by Crippen LogP contribution is 2.26. The van der Waals surface area contributed by atoms with E-state index in [9.17, 15) is 14.9 Å².